The van der Waals surface area contributed by atoms with E-state index < -0.39 is 114 Å². The standard InChI is InChI=1S/C17H14F18O7S/c18-10(19,12(22,23)14(26,27)16(30,31)32)3-5-41-8(36)2-1-7(43(38,39)40)9(37)42-6-4-11(20,21)13(24,25)15(28,29)17(33,34)35/h7H,1-6H2,(H,38,39,40). The molecule has 0 radical (unpaired) electrons. The maximum absolute atomic E-state index is 13.4. The van der Waals surface area contributed by atoms with E-state index in [1.54, 1.807) is 0 Å². The van der Waals surface area contributed by atoms with Crippen LogP contribution in [0.4, 0.5) is 79.0 Å². The Bertz CT molecular complexity index is 1100. The van der Waals surface area contributed by atoms with Gasteiger partial charge in [-0.15, -0.1) is 0 Å². The number of hydrogen-bond acceptors (Lipinski definition) is 6. The lowest BCUT2D eigenvalue weighted by Crippen LogP contribution is -2.61. The molecule has 0 saturated carbocycles. The average molecular weight is 704 g/mol. The molecule has 0 heterocycles. The van der Waals surface area contributed by atoms with E-state index in [9.17, 15) is 97.0 Å². The molecule has 0 aromatic carbocycles. The fourth-order valence-corrected chi connectivity index (χ4v) is 3.23. The maximum Gasteiger partial charge on any atom is 0.460 e. The van der Waals surface area contributed by atoms with E-state index in [1.807, 2.05) is 0 Å². The molecule has 0 aromatic rings. The molecule has 0 rings (SSSR count). The van der Waals surface area contributed by atoms with Crippen molar-refractivity contribution < 1.29 is 111 Å². The van der Waals surface area contributed by atoms with Crippen LogP contribution in [0.3, 0.4) is 0 Å². The van der Waals surface area contributed by atoms with Gasteiger partial charge in [-0.1, -0.05) is 0 Å². The second-order valence-corrected chi connectivity index (χ2v) is 9.73. The Kier molecular flexibility index (Phi) is 11.8. The van der Waals surface area contributed by atoms with E-state index in [-0.39, 0.29) is 0 Å². The predicted molar refractivity (Wildman–Crippen MR) is 97.5 cm³/mol. The number of alkyl halides is 18. The summed E-state index contributed by atoms with van der Waals surface area (Å²) in [5.41, 5.74) is 0. The van der Waals surface area contributed by atoms with Crippen molar-refractivity contribution >= 4 is 22.1 Å². The quantitative estimate of drug-likeness (QED) is 0.130. The lowest BCUT2D eigenvalue weighted by atomic mass is 10.0. The van der Waals surface area contributed by atoms with Crippen LogP contribution < -0.4 is 0 Å². The number of rotatable bonds is 15. The molecule has 1 unspecified atom stereocenters. The SMILES string of the molecule is O=C(CCC(C(=O)OCCC(F)(F)C(F)(F)C(F)(F)C(F)(F)F)S(=O)(=O)O)OCCC(F)(F)C(F)(F)C(F)(F)C(F)(F)F. The lowest BCUT2D eigenvalue weighted by molar-refractivity contribution is -0.397. The minimum absolute atomic E-state index is 1.58. The van der Waals surface area contributed by atoms with Gasteiger partial charge in [0.2, 0.25) is 0 Å². The van der Waals surface area contributed by atoms with Gasteiger partial charge in [-0.05, 0) is 6.42 Å². The topological polar surface area (TPSA) is 107 Å². The number of carbonyl (C=O) groups is 2. The highest BCUT2D eigenvalue weighted by Crippen LogP contribution is 2.55. The summed E-state index contributed by atoms with van der Waals surface area (Å²) in [5, 5.41) is -3.10. The van der Waals surface area contributed by atoms with Gasteiger partial charge in [0.25, 0.3) is 10.1 Å². The summed E-state index contributed by atoms with van der Waals surface area (Å²) in [6.07, 6.45) is -23.1. The first-order chi connectivity index (χ1) is 18.6. The number of carbonyl (C=O) groups excluding carboxylic acids is 2. The van der Waals surface area contributed by atoms with Gasteiger partial charge in [0.15, 0.2) is 5.25 Å². The molecule has 256 valence electrons. The van der Waals surface area contributed by atoms with Crippen LogP contribution in [0.5, 0.6) is 0 Å². The summed E-state index contributed by atoms with van der Waals surface area (Å²) in [6.45, 7) is -4.28. The molecule has 0 fully saturated rings. The highest BCUT2D eigenvalue weighted by atomic mass is 32.2. The third-order valence-electron chi connectivity index (χ3n) is 4.99. The van der Waals surface area contributed by atoms with Crippen molar-refractivity contribution in [1.82, 2.24) is 0 Å². The normalized spacial score (nSPS) is 15.7. The Hall–Kier alpha value is -2.41. The van der Waals surface area contributed by atoms with Crippen molar-refractivity contribution in [2.24, 2.45) is 0 Å². The Morgan fingerprint density at radius 3 is 1.21 bits per heavy atom. The fourth-order valence-electron chi connectivity index (χ4n) is 2.50. The minimum Gasteiger partial charge on any atom is -0.465 e. The minimum atomic E-state index is -7.33. The Balaban J connectivity index is 5.29. The number of ether oxygens (including phenoxy) is 2. The van der Waals surface area contributed by atoms with Gasteiger partial charge in [-0.3, -0.25) is 14.1 Å². The van der Waals surface area contributed by atoms with Crippen LogP contribution >= 0.6 is 0 Å². The largest absolute Gasteiger partial charge is 0.465 e. The van der Waals surface area contributed by atoms with E-state index in [0.29, 0.717) is 0 Å². The summed E-state index contributed by atoms with van der Waals surface area (Å²) in [4.78, 5) is 23.2. The Morgan fingerprint density at radius 1 is 0.581 bits per heavy atom. The molecule has 26 heteroatoms. The summed E-state index contributed by atoms with van der Waals surface area (Å²) in [6, 6.07) is 0. The van der Waals surface area contributed by atoms with Gasteiger partial charge >= 0.3 is 59.8 Å². The molecule has 0 spiro atoms. The Labute approximate surface area is 226 Å². The monoisotopic (exact) mass is 704 g/mol. The average Bonchev–Trinajstić information content (AvgIpc) is 2.75. The predicted octanol–water partition coefficient (Wildman–Crippen LogP) is 5.83. The van der Waals surface area contributed by atoms with E-state index in [4.69, 9.17) is 4.55 Å². The highest BCUT2D eigenvalue weighted by Gasteiger charge is 2.82. The molecule has 0 aliphatic carbocycles. The molecule has 43 heavy (non-hydrogen) atoms. The number of hydrogen-bond donors (Lipinski definition) is 1. The van der Waals surface area contributed by atoms with E-state index in [2.05, 4.69) is 9.47 Å². The van der Waals surface area contributed by atoms with Crippen LogP contribution in [0.2, 0.25) is 0 Å². The van der Waals surface area contributed by atoms with Crippen molar-refractivity contribution in [1.29, 1.82) is 0 Å². The van der Waals surface area contributed by atoms with Gasteiger partial charge < -0.3 is 9.47 Å². The summed E-state index contributed by atoms with van der Waals surface area (Å²) >= 11 is 0. The fraction of sp³-hybridized carbons (Fsp3) is 0.882. The zero-order chi connectivity index (χ0) is 34.9. The van der Waals surface area contributed by atoms with Crippen molar-refractivity contribution in [2.75, 3.05) is 13.2 Å². The third kappa shape index (κ3) is 8.61. The molecule has 0 aliphatic rings. The highest BCUT2D eigenvalue weighted by molar-refractivity contribution is 7.87. The van der Waals surface area contributed by atoms with Gasteiger partial charge in [-0.25, -0.2) is 0 Å². The molecule has 7 nitrogen and oxygen atoms in total. The van der Waals surface area contributed by atoms with E-state index in [0.717, 1.165) is 0 Å². The molecule has 0 amide bonds. The molecule has 0 saturated heterocycles. The second-order valence-electron chi connectivity index (χ2n) is 8.13. The molecule has 0 bridgehead atoms. The smallest absolute Gasteiger partial charge is 0.460 e. The first-order valence-electron chi connectivity index (χ1n) is 10.3. The van der Waals surface area contributed by atoms with Crippen LogP contribution in [-0.4, -0.2) is 91.3 Å². The third-order valence-corrected chi connectivity index (χ3v) is 6.14. The first-order valence-corrected chi connectivity index (χ1v) is 11.8. The first kappa shape index (κ1) is 40.6. The van der Waals surface area contributed by atoms with Crippen LogP contribution in [-0.2, 0) is 29.2 Å². The zero-order valence-electron chi connectivity index (χ0n) is 19.9. The molecular weight excluding hydrogens is 690 g/mol. The van der Waals surface area contributed by atoms with E-state index in [1.165, 1.54) is 0 Å². The van der Waals surface area contributed by atoms with Crippen LogP contribution in [0, 0.1) is 0 Å². The summed E-state index contributed by atoms with van der Waals surface area (Å²) in [7, 11) is -5.79. The van der Waals surface area contributed by atoms with Gasteiger partial charge in [0, 0.05) is 6.42 Å². The van der Waals surface area contributed by atoms with Crippen LogP contribution in [0.1, 0.15) is 25.7 Å². The summed E-state index contributed by atoms with van der Waals surface area (Å²) in [5.74, 6) is -45.8. The second kappa shape index (κ2) is 12.5. The molecule has 0 aliphatic heterocycles. The van der Waals surface area contributed by atoms with Gasteiger partial charge in [-0.2, -0.15) is 87.4 Å². The van der Waals surface area contributed by atoms with Crippen molar-refractivity contribution in [3.05, 3.63) is 0 Å². The van der Waals surface area contributed by atoms with Crippen LogP contribution in [0.15, 0.2) is 0 Å². The maximum atomic E-state index is 13.4. The Morgan fingerprint density at radius 2 is 0.907 bits per heavy atom. The summed E-state index contributed by atoms with van der Waals surface area (Å²) < 4.78 is 268. The van der Waals surface area contributed by atoms with Crippen LogP contribution in [0.25, 0.3) is 0 Å². The molecule has 1 atom stereocenters. The van der Waals surface area contributed by atoms with Gasteiger partial charge in [0.05, 0.1) is 26.1 Å². The molecule has 1 N–H and O–H groups in total. The van der Waals surface area contributed by atoms with E-state index >= 15 is 0 Å². The van der Waals surface area contributed by atoms with Crippen molar-refractivity contribution in [3.8, 4) is 0 Å². The number of halogens is 18. The lowest BCUT2D eigenvalue weighted by Gasteiger charge is -2.33. The molecular formula is C17H14F18O7S. The van der Waals surface area contributed by atoms with Crippen molar-refractivity contribution in [3.63, 3.8) is 0 Å². The van der Waals surface area contributed by atoms with Gasteiger partial charge in [0.1, 0.15) is 0 Å². The zero-order valence-corrected chi connectivity index (χ0v) is 20.7. The number of esters is 2. The molecule has 0 aromatic heterocycles. The van der Waals surface area contributed by atoms with Crippen molar-refractivity contribution in [2.45, 2.75) is 78.8 Å².